The zero-order valence-electron chi connectivity index (χ0n) is 14.9. The van der Waals surface area contributed by atoms with Gasteiger partial charge in [0.15, 0.2) is 11.5 Å². The Kier molecular flexibility index (Phi) is 4.63. The van der Waals surface area contributed by atoms with E-state index in [4.69, 9.17) is 25.8 Å². The molecule has 0 bridgehead atoms. The van der Waals surface area contributed by atoms with Gasteiger partial charge in [-0.15, -0.1) is 0 Å². The van der Waals surface area contributed by atoms with Crippen LogP contribution in [0.2, 0.25) is 5.02 Å². The molecule has 4 rings (SSSR count). The fourth-order valence-corrected chi connectivity index (χ4v) is 3.78. The van der Waals surface area contributed by atoms with E-state index < -0.39 is 0 Å². The van der Waals surface area contributed by atoms with Crippen LogP contribution in [0.1, 0.15) is 0 Å². The van der Waals surface area contributed by atoms with Gasteiger partial charge in [0.25, 0.3) is 0 Å². The minimum atomic E-state index is 0.551. The second-order valence-corrected chi connectivity index (χ2v) is 7.07. The van der Waals surface area contributed by atoms with Crippen LogP contribution in [0.15, 0.2) is 42.6 Å². The van der Waals surface area contributed by atoms with Gasteiger partial charge in [0.05, 0.1) is 33.2 Å². The zero-order chi connectivity index (χ0) is 19.0. The van der Waals surface area contributed by atoms with Crippen LogP contribution in [0.3, 0.4) is 0 Å². The standard InChI is InChI=1S/C19H16ClN3O3S/c1-24-15-8-12(9-16(25-2)17(15)26-3)18-22-23-10-14(21-19(23)27-18)11-4-6-13(20)7-5-11/h4-10H,1-3H3. The van der Waals surface area contributed by atoms with Crippen LogP contribution in [0.5, 0.6) is 17.2 Å². The first-order chi connectivity index (χ1) is 13.1. The minimum Gasteiger partial charge on any atom is -0.493 e. The number of aromatic nitrogens is 3. The number of benzene rings is 2. The number of rotatable bonds is 5. The lowest BCUT2D eigenvalue weighted by Gasteiger charge is -2.13. The largest absolute Gasteiger partial charge is 0.493 e. The summed E-state index contributed by atoms with van der Waals surface area (Å²) in [5.74, 6) is 1.72. The minimum absolute atomic E-state index is 0.551. The average Bonchev–Trinajstić information content (AvgIpc) is 3.26. The summed E-state index contributed by atoms with van der Waals surface area (Å²) in [6.07, 6.45) is 1.90. The Bertz CT molecular complexity index is 1050. The highest BCUT2D eigenvalue weighted by Gasteiger charge is 2.17. The molecule has 0 N–H and O–H groups in total. The maximum absolute atomic E-state index is 5.95. The van der Waals surface area contributed by atoms with Crippen molar-refractivity contribution in [2.75, 3.05) is 21.3 Å². The number of methoxy groups -OCH3 is 3. The van der Waals surface area contributed by atoms with E-state index in [1.54, 1.807) is 25.8 Å². The van der Waals surface area contributed by atoms with Crippen LogP contribution < -0.4 is 14.2 Å². The Labute approximate surface area is 164 Å². The van der Waals surface area contributed by atoms with E-state index in [0.29, 0.717) is 22.3 Å². The van der Waals surface area contributed by atoms with Gasteiger partial charge < -0.3 is 14.2 Å². The smallest absolute Gasteiger partial charge is 0.213 e. The number of halogens is 1. The van der Waals surface area contributed by atoms with E-state index >= 15 is 0 Å². The molecular formula is C19H16ClN3O3S. The van der Waals surface area contributed by atoms with Crippen molar-refractivity contribution < 1.29 is 14.2 Å². The fraction of sp³-hybridized carbons (Fsp3) is 0.158. The van der Waals surface area contributed by atoms with Crippen molar-refractivity contribution >= 4 is 27.9 Å². The van der Waals surface area contributed by atoms with E-state index in [9.17, 15) is 0 Å². The quantitative estimate of drug-likeness (QED) is 0.480. The third-order valence-electron chi connectivity index (χ3n) is 4.09. The molecule has 0 aliphatic carbocycles. The number of ether oxygens (including phenoxy) is 3. The molecule has 0 unspecified atom stereocenters. The summed E-state index contributed by atoms with van der Waals surface area (Å²) >= 11 is 7.43. The Morgan fingerprint density at radius 3 is 2.15 bits per heavy atom. The highest BCUT2D eigenvalue weighted by Crippen LogP contribution is 2.42. The van der Waals surface area contributed by atoms with E-state index in [-0.39, 0.29) is 0 Å². The first kappa shape index (κ1) is 17.6. The van der Waals surface area contributed by atoms with Gasteiger partial charge in [-0.25, -0.2) is 9.50 Å². The van der Waals surface area contributed by atoms with Crippen molar-refractivity contribution in [2.24, 2.45) is 0 Å². The van der Waals surface area contributed by atoms with Crippen molar-refractivity contribution in [3.8, 4) is 39.1 Å². The number of nitrogens with zero attached hydrogens (tertiary/aromatic N) is 3. The topological polar surface area (TPSA) is 57.9 Å². The van der Waals surface area contributed by atoms with Crippen LogP contribution in [-0.2, 0) is 0 Å². The Morgan fingerprint density at radius 1 is 0.926 bits per heavy atom. The second-order valence-electron chi connectivity index (χ2n) is 5.68. The number of hydrogen-bond acceptors (Lipinski definition) is 6. The molecule has 0 fully saturated rings. The van der Waals surface area contributed by atoms with Gasteiger partial charge in [-0.3, -0.25) is 0 Å². The summed E-state index contributed by atoms with van der Waals surface area (Å²) < 4.78 is 18.0. The normalized spacial score (nSPS) is 11.0. The van der Waals surface area contributed by atoms with Crippen LogP contribution in [0.25, 0.3) is 26.8 Å². The molecule has 0 spiro atoms. The number of hydrogen-bond donors (Lipinski definition) is 0. The summed E-state index contributed by atoms with van der Waals surface area (Å²) in [4.78, 5) is 5.46. The molecule has 2 aromatic heterocycles. The summed E-state index contributed by atoms with van der Waals surface area (Å²) in [6.45, 7) is 0. The van der Waals surface area contributed by atoms with E-state index in [2.05, 4.69) is 10.1 Å². The molecule has 0 atom stereocenters. The molecule has 0 aliphatic heterocycles. The van der Waals surface area contributed by atoms with Crippen molar-refractivity contribution in [2.45, 2.75) is 0 Å². The summed E-state index contributed by atoms with van der Waals surface area (Å²) in [5, 5.41) is 6.15. The lowest BCUT2D eigenvalue weighted by molar-refractivity contribution is 0.324. The summed E-state index contributed by atoms with van der Waals surface area (Å²) in [7, 11) is 4.76. The molecule has 8 heteroatoms. The van der Waals surface area contributed by atoms with Gasteiger partial charge in [0.1, 0.15) is 5.01 Å². The van der Waals surface area contributed by atoms with Gasteiger partial charge in [0, 0.05) is 16.1 Å². The first-order valence-electron chi connectivity index (χ1n) is 8.05. The number of imidazole rings is 1. The van der Waals surface area contributed by atoms with Crippen LogP contribution in [0.4, 0.5) is 0 Å². The van der Waals surface area contributed by atoms with E-state index in [1.807, 2.05) is 42.6 Å². The van der Waals surface area contributed by atoms with Gasteiger partial charge in [-0.1, -0.05) is 35.1 Å². The van der Waals surface area contributed by atoms with Crippen molar-refractivity contribution in [3.63, 3.8) is 0 Å². The van der Waals surface area contributed by atoms with Crippen molar-refractivity contribution in [1.82, 2.24) is 14.6 Å². The summed E-state index contributed by atoms with van der Waals surface area (Å²) in [6, 6.07) is 11.3. The predicted molar refractivity (Wildman–Crippen MR) is 106 cm³/mol. The average molecular weight is 402 g/mol. The first-order valence-corrected chi connectivity index (χ1v) is 9.25. The van der Waals surface area contributed by atoms with Gasteiger partial charge in [0.2, 0.25) is 10.7 Å². The molecular weight excluding hydrogens is 386 g/mol. The molecule has 0 amide bonds. The maximum atomic E-state index is 5.95. The lowest BCUT2D eigenvalue weighted by Crippen LogP contribution is -1.95. The zero-order valence-corrected chi connectivity index (χ0v) is 16.5. The Balaban J connectivity index is 1.75. The molecule has 2 heterocycles. The monoisotopic (exact) mass is 401 g/mol. The SMILES string of the molecule is COc1cc(-c2nn3cc(-c4ccc(Cl)cc4)nc3s2)cc(OC)c1OC. The molecule has 0 saturated heterocycles. The van der Waals surface area contributed by atoms with Gasteiger partial charge in [-0.05, 0) is 24.3 Å². The third kappa shape index (κ3) is 3.20. The highest BCUT2D eigenvalue weighted by atomic mass is 35.5. The number of fused-ring (bicyclic) bond motifs is 1. The molecule has 6 nitrogen and oxygen atoms in total. The van der Waals surface area contributed by atoms with E-state index in [1.165, 1.54) is 11.3 Å². The van der Waals surface area contributed by atoms with Gasteiger partial charge >= 0.3 is 0 Å². The van der Waals surface area contributed by atoms with Gasteiger partial charge in [-0.2, -0.15) is 5.10 Å². The summed E-state index contributed by atoms with van der Waals surface area (Å²) in [5.41, 5.74) is 2.71. The van der Waals surface area contributed by atoms with E-state index in [0.717, 1.165) is 26.8 Å². The van der Waals surface area contributed by atoms with Crippen LogP contribution >= 0.6 is 22.9 Å². The molecule has 0 aliphatic rings. The lowest BCUT2D eigenvalue weighted by atomic mass is 10.2. The second kappa shape index (κ2) is 7.09. The molecule has 27 heavy (non-hydrogen) atoms. The predicted octanol–water partition coefficient (Wildman–Crippen LogP) is 4.80. The molecule has 0 radical (unpaired) electrons. The fourth-order valence-electron chi connectivity index (χ4n) is 2.78. The maximum Gasteiger partial charge on any atom is 0.213 e. The highest BCUT2D eigenvalue weighted by molar-refractivity contribution is 7.19. The van der Waals surface area contributed by atoms with Crippen LogP contribution in [-0.4, -0.2) is 35.9 Å². The Hall–Kier alpha value is -2.77. The third-order valence-corrected chi connectivity index (χ3v) is 5.32. The van der Waals surface area contributed by atoms with Crippen LogP contribution in [0, 0.1) is 0 Å². The van der Waals surface area contributed by atoms with Crippen molar-refractivity contribution in [3.05, 3.63) is 47.6 Å². The molecule has 138 valence electrons. The van der Waals surface area contributed by atoms with Crippen molar-refractivity contribution in [1.29, 1.82) is 0 Å². The molecule has 0 saturated carbocycles. The Morgan fingerprint density at radius 2 is 1.59 bits per heavy atom. The molecule has 2 aromatic carbocycles. The molecule has 4 aromatic rings.